The minimum Gasteiger partial charge on any atom is -0.497 e. The Kier molecular flexibility index (Phi) is 3.19. The van der Waals surface area contributed by atoms with E-state index in [2.05, 4.69) is 9.97 Å². The van der Waals surface area contributed by atoms with Crippen LogP contribution >= 0.6 is 0 Å². The quantitative estimate of drug-likeness (QED) is 0.544. The van der Waals surface area contributed by atoms with E-state index in [0.29, 0.717) is 22.5 Å². The largest absolute Gasteiger partial charge is 0.497 e. The summed E-state index contributed by atoms with van der Waals surface area (Å²) in [5, 5.41) is 11.2. The molecular formula is C15H11N3O3. The van der Waals surface area contributed by atoms with Gasteiger partial charge in [-0.3, -0.25) is 15.1 Å². The van der Waals surface area contributed by atoms with Crippen molar-refractivity contribution in [2.75, 3.05) is 7.11 Å². The predicted molar refractivity (Wildman–Crippen MR) is 78.2 cm³/mol. The number of para-hydroxylation sites is 2. The summed E-state index contributed by atoms with van der Waals surface area (Å²) in [6.45, 7) is 0. The van der Waals surface area contributed by atoms with Gasteiger partial charge in [-0.2, -0.15) is 0 Å². The van der Waals surface area contributed by atoms with Gasteiger partial charge in [-0.1, -0.05) is 12.1 Å². The summed E-state index contributed by atoms with van der Waals surface area (Å²) in [6, 6.07) is 11.9. The van der Waals surface area contributed by atoms with Gasteiger partial charge in [-0.25, -0.2) is 4.98 Å². The molecule has 0 atom stereocenters. The first kappa shape index (κ1) is 13.0. The Bertz CT molecular complexity index is 833. The zero-order chi connectivity index (χ0) is 14.8. The highest BCUT2D eigenvalue weighted by Gasteiger charge is 2.18. The van der Waals surface area contributed by atoms with Gasteiger partial charge >= 0.3 is 0 Å². The first-order chi connectivity index (χ1) is 10.2. The first-order valence-electron chi connectivity index (χ1n) is 6.23. The molecule has 0 spiro atoms. The van der Waals surface area contributed by atoms with Crippen molar-refractivity contribution in [1.29, 1.82) is 0 Å². The average molecular weight is 281 g/mol. The lowest BCUT2D eigenvalue weighted by atomic mass is 10.1. The number of benzene rings is 2. The Hall–Kier alpha value is -3.02. The number of nitro groups is 1. The van der Waals surface area contributed by atoms with Gasteiger partial charge < -0.3 is 4.74 Å². The highest BCUT2D eigenvalue weighted by atomic mass is 16.6. The first-order valence-corrected chi connectivity index (χ1v) is 6.23. The van der Waals surface area contributed by atoms with Crippen LogP contribution in [0.15, 0.2) is 48.7 Å². The zero-order valence-electron chi connectivity index (χ0n) is 11.2. The summed E-state index contributed by atoms with van der Waals surface area (Å²) in [5.41, 5.74) is 2.23. The van der Waals surface area contributed by atoms with Crippen LogP contribution in [0.1, 0.15) is 0 Å². The molecule has 0 aliphatic heterocycles. The van der Waals surface area contributed by atoms with Crippen molar-refractivity contribution in [2.24, 2.45) is 0 Å². The molecule has 0 bridgehead atoms. The van der Waals surface area contributed by atoms with Gasteiger partial charge in [0.15, 0.2) is 0 Å². The van der Waals surface area contributed by atoms with Gasteiger partial charge in [0.2, 0.25) is 0 Å². The van der Waals surface area contributed by atoms with Crippen LogP contribution in [-0.4, -0.2) is 22.0 Å². The maximum Gasteiger partial charge on any atom is 0.279 e. The number of aromatic nitrogens is 2. The number of nitro benzene ring substituents is 1. The molecule has 0 saturated heterocycles. The molecule has 1 heterocycles. The van der Waals surface area contributed by atoms with Crippen molar-refractivity contribution in [2.45, 2.75) is 0 Å². The lowest BCUT2D eigenvalue weighted by molar-refractivity contribution is -0.384. The second-order valence-corrected chi connectivity index (χ2v) is 4.38. The molecule has 6 heteroatoms. The fourth-order valence-electron chi connectivity index (χ4n) is 2.09. The van der Waals surface area contributed by atoms with Crippen LogP contribution in [0, 0.1) is 10.1 Å². The summed E-state index contributed by atoms with van der Waals surface area (Å²) in [6.07, 6.45) is 1.53. The third-order valence-electron chi connectivity index (χ3n) is 3.12. The average Bonchev–Trinajstić information content (AvgIpc) is 2.53. The molecule has 21 heavy (non-hydrogen) atoms. The fourth-order valence-corrected chi connectivity index (χ4v) is 2.09. The number of rotatable bonds is 3. The van der Waals surface area contributed by atoms with Crippen molar-refractivity contribution in [1.82, 2.24) is 9.97 Å². The van der Waals surface area contributed by atoms with Gasteiger partial charge in [-0.15, -0.1) is 0 Å². The van der Waals surface area contributed by atoms with Gasteiger partial charge in [0.05, 0.1) is 40.5 Å². The summed E-state index contributed by atoms with van der Waals surface area (Å²) < 4.78 is 5.13. The molecule has 0 fully saturated rings. The summed E-state index contributed by atoms with van der Waals surface area (Å²) in [7, 11) is 1.51. The van der Waals surface area contributed by atoms with Crippen molar-refractivity contribution in [3.8, 4) is 17.0 Å². The van der Waals surface area contributed by atoms with Crippen LogP contribution in [-0.2, 0) is 0 Å². The van der Waals surface area contributed by atoms with E-state index in [9.17, 15) is 10.1 Å². The molecule has 3 rings (SSSR count). The van der Waals surface area contributed by atoms with E-state index >= 15 is 0 Å². The van der Waals surface area contributed by atoms with Crippen molar-refractivity contribution < 1.29 is 9.66 Å². The molecule has 0 aliphatic rings. The molecule has 0 amide bonds. The smallest absolute Gasteiger partial charge is 0.279 e. The van der Waals surface area contributed by atoms with E-state index in [4.69, 9.17) is 4.74 Å². The van der Waals surface area contributed by atoms with Crippen LogP contribution in [0.4, 0.5) is 5.69 Å². The number of fused-ring (bicyclic) bond motifs is 1. The molecule has 2 aromatic carbocycles. The molecule has 3 aromatic rings. The van der Waals surface area contributed by atoms with Gasteiger partial charge in [0.25, 0.3) is 5.69 Å². The van der Waals surface area contributed by atoms with E-state index in [1.54, 1.807) is 12.1 Å². The molecule has 0 unspecified atom stereocenters. The van der Waals surface area contributed by atoms with E-state index in [-0.39, 0.29) is 5.69 Å². The third-order valence-corrected chi connectivity index (χ3v) is 3.12. The minimum absolute atomic E-state index is 0.0274. The van der Waals surface area contributed by atoms with E-state index < -0.39 is 4.92 Å². The maximum atomic E-state index is 11.2. The molecule has 1 aromatic heterocycles. The van der Waals surface area contributed by atoms with Gasteiger partial charge in [-0.05, 0) is 24.3 Å². The highest BCUT2D eigenvalue weighted by molar-refractivity contribution is 5.79. The monoisotopic (exact) mass is 281 g/mol. The Balaban J connectivity index is 2.22. The summed E-state index contributed by atoms with van der Waals surface area (Å²) in [4.78, 5) is 19.5. The van der Waals surface area contributed by atoms with E-state index in [1.165, 1.54) is 19.4 Å². The highest BCUT2D eigenvalue weighted by Crippen LogP contribution is 2.32. The van der Waals surface area contributed by atoms with E-state index in [0.717, 1.165) is 5.52 Å². The molecule has 0 saturated carbocycles. The summed E-state index contributed by atoms with van der Waals surface area (Å²) >= 11 is 0. The molecule has 6 nitrogen and oxygen atoms in total. The van der Waals surface area contributed by atoms with Crippen LogP contribution in [0.5, 0.6) is 5.75 Å². The molecule has 0 aliphatic carbocycles. The van der Waals surface area contributed by atoms with Crippen LogP contribution in [0.3, 0.4) is 0 Å². The minimum atomic E-state index is -0.439. The SMILES string of the molecule is COc1ccc([N+](=O)[O-])c(-c2cnc3ccccc3n2)c1. The second-order valence-electron chi connectivity index (χ2n) is 4.38. The topological polar surface area (TPSA) is 78.2 Å². The Morgan fingerprint density at radius 1 is 1.14 bits per heavy atom. The number of hydrogen-bond donors (Lipinski definition) is 0. The van der Waals surface area contributed by atoms with Gasteiger partial charge in [0.1, 0.15) is 5.75 Å². The van der Waals surface area contributed by atoms with Crippen LogP contribution in [0.25, 0.3) is 22.3 Å². The number of ether oxygens (including phenoxy) is 1. The molecule has 0 radical (unpaired) electrons. The molecule has 104 valence electrons. The summed E-state index contributed by atoms with van der Waals surface area (Å²) in [5.74, 6) is 0.533. The normalized spacial score (nSPS) is 10.5. The Labute approximate surface area is 120 Å². The van der Waals surface area contributed by atoms with Crippen LogP contribution < -0.4 is 4.74 Å². The second kappa shape index (κ2) is 5.16. The Morgan fingerprint density at radius 2 is 1.90 bits per heavy atom. The van der Waals surface area contributed by atoms with Crippen molar-refractivity contribution in [3.63, 3.8) is 0 Å². The number of methoxy groups -OCH3 is 1. The van der Waals surface area contributed by atoms with Crippen molar-refractivity contribution in [3.05, 3.63) is 58.8 Å². The standard InChI is InChI=1S/C15H11N3O3/c1-21-10-6-7-15(18(19)20)11(8-10)14-9-16-12-4-2-3-5-13(12)17-14/h2-9H,1H3. The zero-order valence-corrected chi connectivity index (χ0v) is 11.2. The number of nitrogens with zero attached hydrogens (tertiary/aromatic N) is 3. The van der Waals surface area contributed by atoms with Gasteiger partial charge in [0, 0.05) is 6.07 Å². The van der Waals surface area contributed by atoms with E-state index in [1.807, 2.05) is 24.3 Å². The Morgan fingerprint density at radius 3 is 2.62 bits per heavy atom. The maximum absolute atomic E-state index is 11.2. The third kappa shape index (κ3) is 2.38. The number of hydrogen-bond acceptors (Lipinski definition) is 5. The lowest BCUT2D eigenvalue weighted by Crippen LogP contribution is -1.96. The van der Waals surface area contributed by atoms with Crippen LogP contribution in [0.2, 0.25) is 0 Å². The predicted octanol–water partition coefficient (Wildman–Crippen LogP) is 3.21. The fraction of sp³-hybridized carbons (Fsp3) is 0.0667. The lowest BCUT2D eigenvalue weighted by Gasteiger charge is -2.06. The molecule has 0 N–H and O–H groups in total. The molecular weight excluding hydrogens is 270 g/mol. The van der Waals surface area contributed by atoms with Crippen molar-refractivity contribution >= 4 is 16.7 Å².